The average Bonchev–Trinajstić information content (AvgIpc) is 3.88. The maximum atomic E-state index is 11.4. The van der Waals surface area contributed by atoms with Crippen LogP contribution in [0.15, 0.2) is 182 Å². The van der Waals surface area contributed by atoms with Crippen LogP contribution in [0.25, 0.3) is 111 Å². The highest BCUT2D eigenvalue weighted by Crippen LogP contribution is 2.43. The first kappa shape index (κ1) is 42.4. The molecule has 0 atom stereocenters. The molecule has 0 aliphatic heterocycles. The van der Waals surface area contributed by atoms with Gasteiger partial charge in [-0.3, -0.25) is 0 Å². The summed E-state index contributed by atoms with van der Waals surface area (Å²) in [5.41, 5.74) is 21.1. The van der Waals surface area contributed by atoms with Crippen LogP contribution < -0.4 is 0 Å². The van der Waals surface area contributed by atoms with Crippen LogP contribution in [-0.4, -0.2) is 24.1 Å². The summed E-state index contributed by atoms with van der Waals surface area (Å²) in [6.45, 7) is 13.1. The molecular formula is C64H48N6. The zero-order chi connectivity index (χ0) is 47.8. The molecule has 0 unspecified atom stereocenters. The summed E-state index contributed by atoms with van der Waals surface area (Å²) in [4.78, 5) is 15.4. The molecule has 12 aromatic rings. The van der Waals surface area contributed by atoms with E-state index in [-0.39, 0.29) is 0 Å². The quantitative estimate of drug-likeness (QED) is 0.160. The molecule has 0 radical (unpaired) electrons. The second-order valence-corrected chi connectivity index (χ2v) is 18.8. The maximum absolute atomic E-state index is 11.4. The number of benzene rings is 9. The predicted octanol–water partition coefficient (Wildman–Crippen LogP) is 16.1. The van der Waals surface area contributed by atoms with Crippen molar-refractivity contribution in [3.05, 3.63) is 221 Å². The summed E-state index contributed by atoms with van der Waals surface area (Å²) in [7, 11) is 0. The molecule has 0 bridgehead atoms. The molecule has 0 spiro atoms. The third-order valence-electron chi connectivity index (χ3n) is 13.9. The standard InChI is InChI=1S/C64H48N6/c1-38-29-40(3)60(41(4)30-38)46-25-27-56-52(33-46)49-21-13-15-23-54(49)69(56)58-35-48(37-65)51(64-67-62(44-17-9-7-10-18-44)66-63(68-64)45-19-11-8-12-20-45)36-59(58)70-55-24-16-14-22-50(55)53-34-47(26-28-57(53)70)61-42(5)31-39(2)32-43(61)6/h7-36H,1-6H3. The Morgan fingerprint density at radius 3 is 1.19 bits per heavy atom. The lowest BCUT2D eigenvalue weighted by atomic mass is 9.93. The van der Waals surface area contributed by atoms with Gasteiger partial charge in [-0.2, -0.15) is 5.26 Å². The van der Waals surface area contributed by atoms with Crippen molar-refractivity contribution in [1.29, 1.82) is 5.26 Å². The highest BCUT2D eigenvalue weighted by atomic mass is 15.1. The molecule has 3 aromatic heterocycles. The second kappa shape index (κ2) is 16.7. The van der Waals surface area contributed by atoms with Crippen molar-refractivity contribution < 1.29 is 0 Å². The van der Waals surface area contributed by atoms with Gasteiger partial charge >= 0.3 is 0 Å². The van der Waals surface area contributed by atoms with Crippen LogP contribution in [0.3, 0.4) is 0 Å². The SMILES string of the molecule is Cc1cc(C)c(-c2ccc3c(c2)c2ccccc2n3-c2cc(C#N)c(-c3nc(-c4ccccc4)nc(-c4ccccc4)n3)cc2-n2c3ccccc3c3cc(-c4c(C)cc(C)cc4C)ccc32)c(C)c1. The molecule has 70 heavy (non-hydrogen) atoms. The highest BCUT2D eigenvalue weighted by Gasteiger charge is 2.25. The fourth-order valence-electron chi connectivity index (χ4n) is 11.2. The Balaban J connectivity index is 1.19. The first-order chi connectivity index (χ1) is 34.1. The summed E-state index contributed by atoms with van der Waals surface area (Å²) in [5.74, 6) is 1.48. The van der Waals surface area contributed by atoms with Gasteiger partial charge in [-0.1, -0.05) is 145 Å². The topological polar surface area (TPSA) is 72.3 Å². The van der Waals surface area contributed by atoms with E-state index in [0.29, 0.717) is 28.6 Å². The largest absolute Gasteiger partial charge is 0.307 e. The number of hydrogen-bond donors (Lipinski definition) is 0. The number of fused-ring (bicyclic) bond motifs is 6. The van der Waals surface area contributed by atoms with Crippen molar-refractivity contribution in [1.82, 2.24) is 24.1 Å². The molecule has 0 saturated heterocycles. The van der Waals surface area contributed by atoms with E-state index in [1.54, 1.807) is 0 Å². The number of rotatable bonds is 7. The van der Waals surface area contributed by atoms with Gasteiger partial charge in [0.1, 0.15) is 0 Å². The molecule has 0 fully saturated rings. The second-order valence-electron chi connectivity index (χ2n) is 18.8. The molecule has 0 aliphatic carbocycles. The van der Waals surface area contributed by atoms with Crippen LogP contribution in [0.1, 0.15) is 38.9 Å². The first-order valence-corrected chi connectivity index (χ1v) is 23.8. The van der Waals surface area contributed by atoms with E-state index in [9.17, 15) is 5.26 Å². The Hall–Kier alpha value is -8.92. The van der Waals surface area contributed by atoms with Gasteiger partial charge in [0.15, 0.2) is 17.5 Å². The van der Waals surface area contributed by atoms with Gasteiger partial charge in [0.05, 0.1) is 45.1 Å². The summed E-state index contributed by atoms with van der Waals surface area (Å²) < 4.78 is 4.71. The lowest BCUT2D eigenvalue weighted by molar-refractivity contribution is 1.06. The van der Waals surface area contributed by atoms with Crippen molar-refractivity contribution in [2.45, 2.75) is 41.5 Å². The van der Waals surface area contributed by atoms with Gasteiger partial charge in [0.25, 0.3) is 0 Å². The molecular weight excluding hydrogens is 853 g/mol. The Labute approximate surface area is 407 Å². The molecule has 9 aromatic carbocycles. The fourth-order valence-corrected chi connectivity index (χ4v) is 11.2. The van der Waals surface area contributed by atoms with E-state index in [0.717, 1.165) is 66.1 Å². The van der Waals surface area contributed by atoms with Crippen LogP contribution in [0.5, 0.6) is 0 Å². The number of para-hydroxylation sites is 2. The summed E-state index contributed by atoms with van der Waals surface area (Å²) in [5, 5.41) is 15.9. The third-order valence-corrected chi connectivity index (χ3v) is 13.9. The highest BCUT2D eigenvalue weighted by molar-refractivity contribution is 6.13. The van der Waals surface area contributed by atoms with Crippen LogP contribution >= 0.6 is 0 Å². The minimum absolute atomic E-state index is 0.418. The van der Waals surface area contributed by atoms with Gasteiger partial charge in [-0.15, -0.1) is 0 Å². The van der Waals surface area contributed by atoms with Gasteiger partial charge < -0.3 is 9.13 Å². The number of aryl methyl sites for hydroxylation is 6. The molecule has 6 nitrogen and oxygen atoms in total. The molecule has 12 rings (SSSR count). The Morgan fingerprint density at radius 2 is 0.743 bits per heavy atom. The van der Waals surface area contributed by atoms with Gasteiger partial charge in [0.2, 0.25) is 0 Å². The number of hydrogen-bond acceptors (Lipinski definition) is 4. The Bertz CT molecular complexity index is 4030. The predicted molar refractivity (Wildman–Crippen MR) is 289 cm³/mol. The zero-order valence-corrected chi connectivity index (χ0v) is 40.0. The van der Waals surface area contributed by atoms with Gasteiger partial charge in [-0.25, -0.2) is 15.0 Å². The summed E-state index contributed by atoms with van der Waals surface area (Å²) in [6, 6.07) is 66.8. The van der Waals surface area contributed by atoms with Crippen molar-refractivity contribution in [3.8, 4) is 73.9 Å². The number of nitrogens with zero attached hydrogens (tertiary/aromatic N) is 6. The molecule has 0 saturated carbocycles. The van der Waals surface area contributed by atoms with Crippen molar-refractivity contribution in [2.75, 3.05) is 0 Å². The Morgan fingerprint density at radius 1 is 0.357 bits per heavy atom. The van der Waals surface area contributed by atoms with E-state index in [4.69, 9.17) is 15.0 Å². The molecule has 3 heterocycles. The normalized spacial score (nSPS) is 11.6. The van der Waals surface area contributed by atoms with E-state index < -0.39 is 0 Å². The first-order valence-electron chi connectivity index (χ1n) is 23.8. The number of nitriles is 1. The van der Waals surface area contributed by atoms with E-state index in [2.05, 4.69) is 172 Å². The minimum atomic E-state index is 0.418. The van der Waals surface area contributed by atoms with Crippen molar-refractivity contribution in [2.24, 2.45) is 0 Å². The number of aromatic nitrogens is 5. The molecule has 0 N–H and O–H groups in total. The van der Waals surface area contributed by atoms with Crippen LogP contribution in [0, 0.1) is 52.9 Å². The summed E-state index contributed by atoms with van der Waals surface area (Å²) in [6.07, 6.45) is 0. The molecule has 0 amide bonds. The fraction of sp³-hybridized carbons (Fsp3) is 0.0938. The third kappa shape index (κ3) is 6.97. The molecule has 334 valence electrons. The van der Waals surface area contributed by atoms with Gasteiger partial charge in [-0.05, 0) is 135 Å². The van der Waals surface area contributed by atoms with E-state index in [1.807, 2.05) is 66.7 Å². The lowest BCUT2D eigenvalue weighted by Crippen LogP contribution is -2.07. The smallest absolute Gasteiger partial charge is 0.165 e. The van der Waals surface area contributed by atoms with Crippen LogP contribution in [0.2, 0.25) is 0 Å². The molecule has 0 aliphatic rings. The monoisotopic (exact) mass is 900 g/mol. The van der Waals surface area contributed by atoms with E-state index >= 15 is 0 Å². The summed E-state index contributed by atoms with van der Waals surface area (Å²) >= 11 is 0. The van der Waals surface area contributed by atoms with Crippen LogP contribution in [-0.2, 0) is 0 Å². The zero-order valence-electron chi connectivity index (χ0n) is 40.0. The van der Waals surface area contributed by atoms with Crippen molar-refractivity contribution >= 4 is 43.6 Å². The molecule has 6 heteroatoms. The average molecular weight is 901 g/mol. The van der Waals surface area contributed by atoms with E-state index in [1.165, 1.54) is 55.6 Å². The van der Waals surface area contributed by atoms with Gasteiger partial charge in [0, 0.05) is 38.2 Å². The maximum Gasteiger partial charge on any atom is 0.165 e. The lowest BCUT2D eigenvalue weighted by Gasteiger charge is -2.19. The van der Waals surface area contributed by atoms with Crippen LogP contribution in [0.4, 0.5) is 0 Å². The van der Waals surface area contributed by atoms with Crippen molar-refractivity contribution in [3.63, 3.8) is 0 Å². The minimum Gasteiger partial charge on any atom is -0.307 e. The Kier molecular flexibility index (Phi) is 10.1.